The second-order valence-electron chi connectivity index (χ2n) is 6.00. The van der Waals surface area contributed by atoms with Gasteiger partial charge in [0.2, 0.25) is 5.91 Å². The lowest BCUT2D eigenvalue weighted by Gasteiger charge is -2.15. The highest BCUT2D eigenvalue weighted by atomic mass is 79.9. The van der Waals surface area contributed by atoms with E-state index in [0.29, 0.717) is 19.6 Å². The molecule has 1 aliphatic heterocycles. The van der Waals surface area contributed by atoms with Gasteiger partial charge in [-0.1, -0.05) is 22.0 Å². The number of likely N-dealkylation sites (N-methyl/N-ethyl adjacent to an activating group) is 1. The van der Waals surface area contributed by atoms with Gasteiger partial charge in [-0.05, 0) is 61.7 Å². The second kappa shape index (κ2) is 7.48. The van der Waals surface area contributed by atoms with Gasteiger partial charge >= 0.3 is 0 Å². The topological polar surface area (TPSA) is 38.8 Å². The summed E-state index contributed by atoms with van der Waals surface area (Å²) in [4.78, 5) is 14.5. The van der Waals surface area contributed by atoms with E-state index < -0.39 is 0 Å². The van der Waals surface area contributed by atoms with Crippen LogP contribution in [0.4, 0.5) is 5.69 Å². The SMILES string of the molecule is CCOc1ccc(C[C@H]2C(=O)N(C)c3ccc(Br)cc32)cc1OCC. The molecule has 4 nitrogen and oxygen atoms in total. The minimum Gasteiger partial charge on any atom is -0.490 e. The zero-order valence-electron chi connectivity index (χ0n) is 14.7. The molecular weight excluding hydrogens is 382 g/mol. The third-order valence-corrected chi connectivity index (χ3v) is 4.90. The Morgan fingerprint density at radius 2 is 1.76 bits per heavy atom. The van der Waals surface area contributed by atoms with Crippen LogP contribution in [0.5, 0.6) is 11.5 Å². The molecule has 5 heteroatoms. The van der Waals surface area contributed by atoms with Gasteiger partial charge in [0.05, 0.1) is 19.1 Å². The minimum atomic E-state index is -0.176. The second-order valence-corrected chi connectivity index (χ2v) is 6.92. The van der Waals surface area contributed by atoms with Crippen molar-refractivity contribution in [1.29, 1.82) is 0 Å². The highest BCUT2D eigenvalue weighted by Crippen LogP contribution is 2.40. The quantitative estimate of drug-likeness (QED) is 0.709. The Morgan fingerprint density at radius 1 is 1.04 bits per heavy atom. The Balaban J connectivity index is 1.91. The predicted molar refractivity (Wildman–Crippen MR) is 103 cm³/mol. The summed E-state index contributed by atoms with van der Waals surface area (Å²) in [6.45, 7) is 5.06. The maximum atomic E-state index is 12.7. The fraction of sp³-hybridized carbons (Fsp3) is 0.350. The van der Waals surface area contributed by atoms with Gasteiger partial charge in [0, 0.05) is 17.2 Å². The van der Waals surface area contributed by atoms with E-state index >= 15 is 0 Å². The molecule has 1 heterocycles. The zero-order chi connectivity index (χ0) is 18.0. The molecule has 3 rings (SSSR count). The standard InChI is InChI=1S/C20H22BrNO3/c1-4-24-18-9-6-13(11-19(18)25-5-2)10-16-15-12-14(21)7-8-17(15)22(3)20(16)23/h6-9,11-12,16H,4-5,10H2,1-3H3/t16-/m1/s1. The van der Waals surface area contributed by atoms with Gasteiger partial charge in [0.25, 0.3) is 0 Å². The number of hydrogen-bond acceptors (Lipinski definition) is 3. The molecular formula is C20H22BrNO3. The van der Waals surface area contributed by atoms with Crippen molar-refractivity contribution >= 4 is 27.5 Å². The third-order valence-electron chi connectivity index (χ3n) is 4.40. The Kier molecular flexibility index (Phi) is 5.33. The Labute approximate surface area is 156 Å². The molecule has 0 aliphatic carbocycles. The molecule has 0 bridgehead atoms. The summed E-state index contributed by atoms with van der Waals surface area (Å²) in [7, 11) is 1.83. The normalized spacial score (nSPS) is 16.1. The molecule has 1 atom stereocenters. The fourth-order valence-corrected chi connectivity index (χ4v) is 3.63. The van der Waals surface area contributed by atoms with E-state index in [1.807, 2.05) is 57.3 Å². The molecule has 132 valence electrons. The summed E-state index contributed by atoms with van der Waals surface area (Å²) in [5.74, 6) is 1.42. The van der Waals surface area contributed by atoms with E-state index in [-0.39, 0.29) is 11.8 Å². The molecule has 0 unspecified atom stereocenters. The largest absolute Gasteiger partial charge is 0.490 e. The van der Waals surface area contributed by atoms with Crippen LogP contribution in [0.25, 0.3) is 0 Å². The Hall–Kier alpha value is -2.01. The third kappa shape index (κ3) is 3.52. The van der Waals surface area contributed by atoms with Crippen LogP contribution in [-0.2, 0) is 11.2 Å². The summed E-state index contributed by atoms with van der Waals surface area (Å²) in [6, 6.07) is 11.9. The molecule has 0 fully saturated rings. The molecule has 0 spiro atoms. The van der Waals surface area contributed by atoms with Crippen molar-refractivity contribution in [2.24, 2.45) is 0 Å². The lowest BCUT2D eigenvalue weighted by molar-refractivity contribution is -0.119. The molecule has 25 heavy (non-hydrogen) atoms. The predicted octanol–water partition coefficient (Wildman–Crippen LogP) is 4.55. The van der Waals surface area contributed by atoms with E-state index in [1.165, 1.54) is 0 Å². The van der Waals surface area contributed by atoms with Crippen LogP contribution in [0.2, 0.25) is 0 Å². The average molecular weight is 404 g/mol. The number of amides is 1. The van der Waals surface area contributed by atoms with E-state index in [4.69, 9.17) is 9.47 Å². The molecule has 0 aromatic heterocycles. The molecule has 1 amide bonds. The summed E-state index contributed by atoms with van der Waals surface area (Å²) >= 11 is 3.51. The first-order valence-corrected chi connectivity index (χ1v) is 9.30. The summed E-state index contributed by atoms with van der Waals surface area (Å²) in [6.07, 6.45) is 0.638. The maximum Gasteiger partial charge on any atom is 0.234 e. The number of anilines is 1. The number of fused-ring (bicyclic) bond motifs is 1. The van der Waals surface area contributed by atoms with Crippen molar-refractivity contribution in [2.75, 3.05) is 25.2 Å². The van der Waals surface area contributed by atoms with Gasteiger partial charge in [-0.2, -0.15) is 0 Å². The van der Waals surface area contributed by atoms with Crippen LogP contribution in [-0.4, -0.2) is 26.2 Å². The average Bonchev–Trinajstić information content (AvgIpc) is 2.82. The lowest BCUT2D eigenvalue weighted by Crippen LogP contribution is -2.24. The molecule has 0 radical (unpaired) electrons. The number of carbonyl (C=O) groups is 1. The van der Waals surface area contributed by atoms with Gasteiger partial charge in [0.1, 0.15) is 0 Å². The van der Waals surface area contributed by atoms with Crippen LogP contribution in [0.1, 0.15) is 30.9 Å². The fourth-order valence-electron chi connectivity index (χ4n) is 3.25. The first-order chi connectivity index (χ1) is 12.0. The summed E-state index contributed by atoms with van der Waals surface area (Å²) < 4.78 is 12.3. The number of ether oxygens (including phenoxy) is 2. The van der Waals surface area contributed by atoms with Crippen LogP contribution < -0.4 is 14.4 Å². The number of halogens is 1. The van der Waals surface area contributed by atoms with Crippen molar-refractivity contribution in [2.45, 2.75) is 26.2 Å². The summed E-state index contributed by atoms with van der Waals surface area (Å²) in [5, 5.41) is 0. The molecule has 0 saturated heterocycles. The monoisotopic (exact) mass is 403 g/mol. The van der Waals surface area contributed by atoms with Crippen molar-refractivity contribution in [3.8, 4) is 11.5 Å². The van der Waals surface area contributed by atoms with E-state index in [1.54, 1.807) is 4.90 Å². The molecule has 0 saturated carbocycles. The molecule has 0 N–H and O–H groups in total. The molecule has 2 aromatic rings. The van der Waals surface area contributed by atoms with Gasteiger partial charge in [0.15, 0.2) is 11.5 Å². The van der Waals surface area contributed by atoms with Crippen molar-refractivity contribution in [1.82, 2.24) is 0 Å². The summed E-state index contributed by atoms with van der Waals surface area (Å²) in [5.41, 5.74) is 3.11. The van der Waals surface area contributed by atoms with Crippen LogP contribution >= 0.6 is 15.9 Å². The number of hydrogen-bond donors (Lipinski definition) is 0. The zero-order valence-corrected chi connectivity index (χ0v) is 16.3. The van der Waals surface area contributed by atoms with Gasteiger partial charge in [-0.3, -0.25) is 4.79 Å². The van der Waals surface area contributed by atoms with E-state index in [2.05, 4.69) is 15.9 Å². The van der Waals surface area contributed by atoms with Gasteiger partial charge in [-0.15, -0.1) is 0 Å². The lowest BCUT2D eigenvalue weighted by atomic mass is 9.93. The smallest absolute Gasteiger partial charge is 0.234 e. The Bertz CT molecular complexity index is 791. The number of carbonyl (C=O) groups excluding carboxylic acids is 1. The Morgan fingerprint density at radius 3 is 2.48 bits per heavy atom. The highest BCUT2D eigenvalue weighted by Gasteiger charge is 2.35. The van der Waals surface area contributed by atoms with Crippen LogP contribution in [0.15, 0.2) is 40.9 Å². The van der Waals surface area contributed by atoms with Gasteiger partial charge in [-0.25, -0.2) is 0 Å². The van der Waals surface area contributed by atoms with Crippen LogP contribution in [0, 0.1) is 0 Å². The van der Waals surface area contributed by atoms with Crippen molar-refractivity contribution in [3.63, 3.8) is 0 Å². The van der Waals surface area contributed by atoms with Gasteiger partial charge < -0.3 is 14.4 Å². The first-order valence-electron chi connectivity index (χ1n) is 8.50. The number of rotatable bonds is 6. The molecule has 1 aliphatic rings. The maximum absolute atomic E-state index is 12.7. The van der Waals surface area contributed by atoms with Crippen molar-refractivity contribution < 1.29 is 14.3 Å². The van der Waals surface area contributed by atoms with Crippen LogP contribution in [0.3, 0.4) is 0 Å². The number of benzene rings is 2. The van der Waals surface area contributed by atoms with E-state index in [0.717, 1.165) is 32.8 Å². The number of nitrogens with zero attached hydrogens (tertiary/aromatic N) is 1. The van der Waals surface area contributed by atoms with E-state index in [9.17, 15) is 4.79 Å². The first kappa shape index (κ1) is 17.8. The molecule has 2 aromatic carbocycles. The highest BCUT2D eigenvalue weighted by molar-refractivity contribution is 9.10. The minimum absolute atomic E-state index is 0.125. The van der Waals surface area contributed by atoms with Crippen molar-refractivity contribution in [3.05, 3.63) is 52.0 Å².